The van der Waals surface area contributed by atoms with E-state index in [2.05, 4.69) is 17.9 Å². The van der Waals surface area contributed by atoms with Gasteiger partial charge in [-0.2, -0.15) is 12.6 Å². The van der Waals surface area contributed by atoms with Gasteiger partial charge in [-0.05, 0) is 24.1 Å². The maximum absolute atomic E-state index is 13.3. The second-order valence-corrected chi connectivity index (χ2v) is 5.17. The molecule has 2 aromatic rings. The fraction of sp³-hybridized carbons (Fsp3) is 0.188. The maximum atomic E-state index is 13.3. The lowest BCUT2D eigenvalue weighted by Gasteiger charge is -2.12. The van der Waals surface area contributed by atoms with Crippen LogP contribution in [0.15, 0.2) is 48.5 Å². The highest BCUT2D eigenvalue weighted by atomic mass is 32.1. The van der Waals surface area contributed by atoms with Gasteiger partial charge in [-0.1, -0.05) is 30.3 Å². The Morgan fingerprint density at radius 3 is 2.67 bits per heavy atom. The van der Waals surface area contributed by atoms with Crippen molar-refractivity contribution in [2.75, 3.05) is 12.4 Å². The first-order valence-corrected chi connectivity index (χ1v) is 6.98. The minimum Gasteiger partial charge on any atom is -0.494 e. The molecule has 0 aliphatic rings. The highest BCUT2D eigenvalue weighted by molar-refractivity contribution is 7.81. The van der Waals surface area contributed by atoms with Gasteiger partial charge in [-0.25, -0.2) is 4.39 Å². The average molecular weight is 305 g/mol. The Morgan fingerprint density at radius 2 is 2.00 bits per heavy atom. The molecule has 0 aromatic heterocycles. The summed E-state index contributed by atoms with van der Waals surface area (Å²) in [6, 6.07) is 13.8. The number of halogens is 1. The van der Waals surface area contributed by atoms with Gasteiger partial charge >= 0.3 is 0 Å². The largest absolute Gasteiger partial charge is 0.494 e. The van der Waals surface area contributed by atoms with E-state index < -0.39 is 11.1 Å². The molecular formula is C16H16FNO2S. The summed E-state index contributed by atoms with van der Waals surface area (Å²) in [6.07, 6.45) is 0.522. The van der Waals surface area contributed by atoms with Crippen molar-refractivity contribution in [3.8, 4) is 5.75 Å². The van der Waals surface area contributed by atoms with Crippen molar-refractivity contribution >= 4 is 24.2 Å². The predicted octanol–water partition coefficient (Wildman–Crippen LogP) is 3.31. The first-order chi connectivity index (χ1) is 10.1. The standard InChI is InChI=1S/C16H16FNO2S/c1-20-14-10-12(7-8-13(14)17)18-16(19)15(21)9-11-5-3-2-4-6-11/h2-8,10,15,21H,9H2,1H3,(H,18,19). The second-order valence-electron chi connectivity index (χ2n) is 4.54. The Labute approximate surface area is 128 Å². The number of benzene rings is 2. The van der Waals surface area contributed by atoms with E-state index in [-0.39, 0.29) is 11.7 Å². The van der Waals surface area contributed by atoms with Crippen molar-refractivity contribution < 1.29 is 13.9 Å². The van der Waals surface area contributed by atoms with Crippen LogP contribution in [0, 0.1) is 5.82 Å². The fourth-order valence-corrected chi connectivity index (χ4v) is 2.17. The lowest BCUT2D eigenvalue weighted by Crippen LogP contribution is -2.25. The lowest BCUT2D eigenvalue weighted by atomic mass is 10.1. The summed E-state index contributed by atoms with van der Waals surface area (Å²) in [6.45, 7) is 0. The van der Waals surface area contributed by atoms with E-state index in [9.17, 15) is 9.18 Å². The van der Waals surface area contributed by atoms with Gasteiger partial charge in [-0.3, -0.25) is 4.79 Å². The van der Waals surface area contributed by atoms with Crippen LogP contribution >= 0.6 is 12.6 Å². The molecule has 0 radical (unpaired) electrons. The number of hydrogen-bond donors (Lipinski definition) is 2. The summed E-state index contributed by atoms with van der Waals surface area (Å²) in [5.41, 5.74) is 1.51. The number of anilines is 1. The number of hydrogen-bond acceptors (Lipinski definition) is 3. The number of methoxy groups -OCH3 is 1. The van der Waals surface area contributed by atoms with E-state index in [0.717, 1.165) is 5.56 Å². The zero-order valence-corrected chi connectivity index (χ0v) is 12.4. The lowest BCUT2D eigenvalue weighted by molar-refractivity contribution is -0.115. The van der Waals surface area contributed by atoms with Gasteiger partial charge in [0.15, 0.2) is 11.6 Å². The van der Waals surface area contributed by atoms with Gasteiger partial charge in [-0.15, -0.1) is 0 Å². The molecule has 110 valence electrons. The number of rotatable bonds is 5. The molecule has 0 fully saturated rings. The summed E-state index contributed by atoms with van der Waals surface area (Å²) in [7, 11) is 1.38. The Bertz CT molecular complexity index is 619. The number of carbonyl (C=O) groups is 1. The highest BCUT2D eigenvalue weighted by Gasteiger charge is 2.15. The molecule has 0 aliphatic heterocycles. The summed E-state index contributed by atoms with van der Waals surface area (Å²) in [4.78, 5) is 12.1. The molecule has 3 nitrogen and oxygen atoms in total. The Kier molecular flexibility index (Phi) is 5.22. The van der Waals surface area contributed by atoms with Crippen molar-refractivity contribution in [2.45, 2.75) is 11.7 Å². The number of nitrogens with one attached hydrogen (secondary N) is 1. The zero-order valence-electron chi connectivity index (χ0n) is 11.5. The number of carbonyl (C=O) groups excluding carboxylic acids is 1. The topological polar surface area (TPSA) is 38.3 Å². The summed E-state index contributed by atoms with van der Waals surface area (Å²) >= 11 is 4.32. The van der Waals surface area contributed by atoms with Gasteiger partial charge in [0, 0.05) is 11.8 Å². The molecular weight excluding hydrogens is 289 g/mol. The van der Waals surface area contributed by atoms with Gasteiger partial charge in [0.05, 0.1) is 12.4 Å². The Balaban J connectivity index is 2.00. The van der Waals surface area contributed by atoms with Crippen LogP contribution < -0.4 is 10.1 Å². The van der Waals surface area contributed by atoms with E-state index in [1.165, 1.54) is 25.3 Å². The van der Waals surface area contributed by atoms with E-state index in [1.807, 2.05) is 30.3 Å². The maximum Gasteiger partial charge on any atom is 0.237 e. The molecule has 0 saturated heterocycles. The van der Waals surface area contributed by atoms with Crippen LogP contribution in [0.2, 0.25) is 0 Å². The van der Waals surface area contributed by atoms with E-state index >= 15 is 0 Å². The molecule has 1 amide bonds. The number of ether oxygens (including phenoxy) is 1. The van der Waals surface area contributed by atoms with Crippen molar-refractivity contribution in [1.29, 1.82) is 0 Å². The normalized spacial score (nSPS) is 11.8. The minimum atomic E-state index is -0.483. The number of amides is 1. The van der Waals surface area contributed by atoms with Crippen molar-refractivity contribution in [1.82, 2.24) is 0 Å². The molecule has 0 saturated carbocycles. The Morgan fingerprint density at radius 1 is 1.29 bits per heavy atom. The molecule has 0 aliphatic carbocycles. The van der Waals surface area contributed by atoms with Gasteiger partial charge in [0.25, 0.3) is 0 Å². The highest BCUT2D eigenvalue weighted by Crippen LogP contribution is 2.22. The van der Waals surface area contributed by atoms with Crippen molar-refractivity contribution in [3.05, 3.63) is 59.9 Å². The van der Waals surface area contributed by atoms with Gasteiger partial charge < -0.3 is 10.1 Å². The third-order valence-corrected chi connectivity index (χ3v) is 3.41. The monoisotopic (exact) mass is 305 g/mol. The van der Waals surface area contributed by atoms with Crippen LogP contribution in [0.4, 0.5) is 10.1 Å². The van der Waals surface area contributed by atoms with Crippen LogP contribution in [0.1, 0.15) is 5.56 Å². The molecule has 1 atom stereocenters. The molecule has 2 rings (SSSR count). The zero-order chi connectivity index (χ0) is 15.2. The van der Waals surface area contributed by atoms with Crippen LogP contribution in [0.5, 0.6) is 5.75 Å². The summed E-state index contributed by atoms with van der Waals surface area (Å²) in [5.74, 6) is -0.621. The first-order valence-electron chi connectivity index (χ1n) is 6.46. The third-order valence-electron chi connectivity index (χ3n) is 2.99. The molecule has 1 unspecified atom stereocenters. The van der Waals surface area contributed by atoms with E-state index in [0.29, 0.717) is 12.1 Å². The average Bonchev–Trinajstić information content (AvgIpc) is 2.50. The molecule has 2 aromatic carbocycles. The molecule has 0 heterocycles. The van der Waals surface area contributed by atoms with Gasteiger partial charge in [0.1, 0.15) is 0 Å². The van der Waals surface area contributed by atoms with E-state index in [1.54, 1.807) is 0 Å². The molecule has 0 spiro atoms. The smallest absolute Gasteiger partial charge is 0.237 e. The van der Waals surface area contributed by atoms with Crippen LogP contribution in [0.3, 0.4) is 0 Å². The minimum absolute atomic E-state index is 0.0894. The third kappa shape index (κ3) is 4.23. The molecule has 21 heavy (non-hydrogen) atoms. The van der Waals surface area contributed by atoms with Crippen LogP contribution in [0.25, 0.3) is 0 Å². The number of thiol groups is 1. The molecule has 0 bridgehead atoms. The van der Waals surface area contributed by atoms with Gasteiger partial charge in [0.2, 0.25) is 5.91 Å². The van der Waals surface area contributed by atoms with Crippen LogP contribution in [-0.2, 0) is 11.2 Å². The molecule has 5 heteroatoms. The van der Waals surface area contributed by atoms with Crippen LogP contribution in [-0.4, -0.2) is 18.3 Å². The van der Waals surface area contributed by atoms with Crippen molar-refractivity contribution in [3.63, 3.8) is 0 Å². The summed E-state index contributed by atoms with van der Waals surface area (Å²) in [5, 5.41) is 2.22. The molecule has 1 N–H and O–H groups in total. The summed E-state index contributed by atoms with van der Waals surface area (Å²) < 4.78 is 18.2. The predicted molar refractivity (Wildman–Crippen MR) is 84.5 cm³/mol. The quantitative estimate of drug-likeness (QED) is 0.832. The second kappa shape index (κ2) is 7.13. The Hall–Kier alpha value is -2.01. The first kappa shape index (κ1) is 15.4. The fourth-order valence-electron chi connectivity index (χ4n) is 1.89. The van der Waals surface area contributed by atoms with E-state index in [4.69, 9.17) is 4.74 Å². The SMILES string of the molecule is COc1cc(NC(=O)C(S)Cc2ccccc2)ccc1F. The van der Waals surface area contributed by atoms with Crippen molar-refractivity contribution in [2.24, 2.45) is 0 Å².